The van der Waals surface area contributed by atoms with E-state index < -0.39 is 29.3 Å². The number of ether oxygens (including phenoxy) is 1. The zero-order valence-corrected chi connectivity index (χ0v) is 41.3. The lowest BCUT2D eigenvalue weighted by atomic mass is 9.71. The number of piperidine rings is 1. The minimum absolute atomic E-state index is 0.0244. The van der Waals surface area contributed by atoms with Gasteiger partial charge in [0.15, 0.2) is 0 Å². The van der Waals surface area contributed by atoms with E-state index in [2.05, 4.69) is 21.3 Å². The average molecular weight is 988 g/mol. The molecule has 0 spiro atoms. The van der Waals surface area contributed by atoms with Gasteiger partial charge in [-0.15, -0.1) is 0 Å². The number of carbonyl (C=O) groups is 6. The molecule has 10 rings (SSSR count). The minimum atomic E-state index is -0.682. The molecule has 3 aromatic rings. The number of carbonyl (C=O) groups excluding carboxylic acids is 6. The number of amides is 6. The van der Waals surface area contributed by atoms with Crippen LogP contribution in [-0.2, 0) is 25.5 Å². The Balaban J connectivity index is 0.730. The second kappa shape index (κ2) is 22.4. The summed E-state index contributed by atoms with van der Waals surface area (Å²) >= 11 is 0. The van der Waals surface area contributed by atoms with E-state index in [1.807, 2.05) is 23.1 Å². The van der Waals surface area contributed by atoms with E-state index in [9.17, 15) is 28.8 Å². The molecule has 7 fully saturated rings. The first-order valence-corrected chi connectivity index (χ1v) is 26.2. The molecule has 4 saturated heterocycles. The number of halogens is 1. The van der Waals surface area contributed by atoms with Crippen LogP contribution >= 0.6 is 0 Å². The van der Waals surface area contributed by atoms with Crippen molar-refractivity contribution >= 4 is 41.2 Å². The Hall–Kier alpha value is -6.04. The van der Waals surface area contributed by atoms with Crippen LogP contribution in [-0.4, -0.2) is 145 Å². The lowest BCUT2D eigenvalue weighted by Crippen LogP contribution is -2.66. The third-order valence-corrected chi connectivity index (χ3v) is 16.3. The standard InChI is InChI=1S/C55H70FN9O7/c56-45-18-15-36(29-46(57)42-13-4-5-14-43(42)50(58)68)28-44(45)53(71)64-26-24-63(25-27-64)48(67)32-61-54-19-21-55(22-20-54,72-35-54)34-60-52(70)49(37-8-2-1-3-9-37)62-51(69)39-11-6-10-38(30-39)40-12-7-23-65(33-40)47(66)31-59-41-16-17-41/h4-6,10-11,13-15,18,28,30,37,40-41,49,57,59,61H,1-3,7-9,12,16-17,19-27,29,31-35H2,(H2,58,68)(H,60,70)(H,62,69)/t40-,49+,54?,55?/m0/s1. The Bertz CT molecular complexity index is 2510. The third kappa shape index (κ3) is 12.1. The smallest absolute Gasteiger partial charge is 0.256 e. The van der Waals surface area contributed by atoms with E-state index in [-0.39, 0.29) is 83.9 Å². The van der Waals surface area contributed by atoms with Crippen molar-refractivity contribution in [2.75, 3.05) is 65.5 Å². The molecule has 7 N–H and O–H groups in total. The molecular formula is C55H70FN9O7. The fourth-order valence-electron chi connectivity index (χ4n) is 11.5. The summed E-state index contributed by atoms with van der Waals surface area (Å²) < 4.78 is 21.6. The summed E-state index contributed by atoms with van der Waals surface area (Å²) in [7, 11) is 0. The monoisotopic (exact) mass is 988 g/mol. The first-order chi connectivity index (χ1) is 34.8. The quantitative estimate of drug-likeness (QED) is 0.0992. The lowest BCUT2D eigenvalue weighted by Gasteiger charge is -2.53. The van der Waals surface area contributed by atoms with Gasteiger partial charge in [0.2, 0.25) is 23.6 Å². The van der Waals surface area contributed by atoms with Crippen LogP contribution in [0.5, 0.6) is 0 Å². The molecule has 2 atom stereocenters. The minimum Gasteiger partial charge on any atom is -0.371 e. The zero-order valence-electron chi connectivity index (χ0n) is 41.3. The van der Waals surface area contributed by atoms with E-state index >= 15 is 4.39 Å². The molecule has 17 heteroatoms. The van der Waals surface area contributed by atoms with Crippen LogP contribution in [0.2, 0.25) is 0 Å². The highest BCUT2D eigenvalue weighted by molar-refractivity contribution is 6.09. The topological polar surface area (TPSA) is 219 Å². The lowest BCUT2D eigenvalue weighted by molar-refractivity contribution is -0.163. The van der Waals surface area contributed by atoms with E-state index in [1.165, 1.54) is 23.1 Å². The fourth-order valence-corrected chi connectivity index (χ4v) is 11.5. The molecule has 16 nitrogen and oxygen atoms in total. The number of piperazine rings is 1. The van der Waals surface area contributed by atoms with E-state index in [0.29, 0.717) is 74.9 Å². The highest BCUT2D eigenvalue weighted by Crippen LogP contribution is 2.43. The third-order valence-electron chi connectivity index (χ3n) is 16.3. The molecule has 3 aromatic carbocycles. The van der Waals surface area contributed by atoms with Gasteiger partial charge in [-0.25, -0.2) is 4.39 Å². The van der Waals surface area contributed by atoms with Crippen LogP contribution in [0.3, 0.4) is 0 Å². The van der Waals surface area contributed by atoms with Crippen molar-refractivity contribution in [3.8, 4) is 0 Å². The number of nitrogens with zero attached hydrogens (tertiary/aromatic N) is 3. The molecule has 0 aromatic heterocycles. The van der Waals surface area contributed by atoms with Crippen LogP contribution in [0.25, 0.3) is 0 Å². The van der Waals surface area contributed by atoms with Crippen LogP contribution in [0.15, 0.2) is 66.7 Å². The molecule has 3 aliphatic carbocycles. The van der Waals surface area contributed by atoms with Crippen molar-refractivity contribution in [3.05, 3.63) is 106 Å². The highest BCUT2D eigenvalue weighted by Gasteiger charge is 2.50. The van der Waals surface area contributed by atoms with Crippen molar-refractivity contribution in [1.29, 1.82) is 5.41 Å². The number of rotatable bonds is 18. The predicted octanol–water partition coefficient (Wildman–Crippen LogP) is 4.44. The van der Waals surface area contributed by atoms with Gasteiger partial charge in [0, 0.05) is 92.1 Å². The van der Waals surface area contributed by atoms with Gasteiger partial charge in [-0.05, 0) is 112 Å². The van der Waals surface area contributed by atoms with E-state index in [4.69, 9.17) is 15.9 Å². The normalized spacial score (nSPS) is 23.8. The summed E-state index contributed by atoms with van der Waals surface area (Å²) in [4.78, 5) is 85.3. The van der Waals surface area contributed by atoms with E-state index in [0.717, 1.165) is 82.7 Å². The molecule has 0 radical (unpaired) electrons. The van der Waals surface area contributed by atoms with Crippen molar-refractivity contribution in [2.24, 2.45) is 11.7 Å². The van der Waals surface area contributed by atoms with Gasteiger partial charge in [0.1, 0.15) is 11.9 Å². The first kappa shape index (κ1) is 50.9. The van der Waals surface area contributed by atoms with Crippen molar-refractivity contribution in [1.82, 2.24) is 36.0 Å². The second-order valence-corrected chi connectivity index (χ2v) is 21.2. The summed E-state index contributed by atoms with van der Waals surface area (Å²) in [5.41, 5.74) is 7.26. The van der Waals surface area contributed by atoms with Crippen molar-refractivity contribution in [3.63, 3.8) is 0 Å². The maximum Gasteiger partial charge on any atom is 0.256 e. The van der Waals surface area contributed by atoms with Crippen LogP contribution in [0, 0.1) is 17.1 Å². The van der Waals surface area contributed by atoms with Crippen LogP contribution in [0.1, 0.15) is 137 Å². The molecule has 4 aliphatic heterocycles. The number of fused-ring (bicyclic) bond motifs is 3. The number of hydrogen-bond donors (Lipinski definition) is 6. The largest absolute Gasteiger partial charge is 0.371 e. The molecule has 2 bridgehead atoms. The van der Waals surface area contributed by atoms with Gasteiger partial charge < -0.3 is 51.8 Å². The van der Waals surface area contributed by atoms with Crippen molar-refractivity contribution in [2.45, 2.75) is 119 Å². The summed E-state index contributed by atoms with van der Waals surface area (Å²) in [5, 5.41) is 21.8. The molecular weight excluding hydrogens is 918 g/mol. The summed E-state index contributed by atoms with van der Waals surface area (Å²) in [6.07, 6.45) is 12.0. The average Bonchev–Trinajstić information content (AvgIpc) is 4.26. The first-order valence-electron chi connectivity index (χ1n) is 26.2. The van der Waals surface area contributed by atoms with Gasteiger partial charge >= 0.3 is 0 Å². The van der Waals surface area contributed by atoms with Gasteiger partial charge in [0.05, 0.1) is 30.9 Å². The van der Waals surface area contributed by atoms with Gasteiger partial charge in [-0.2, -0.15) is 0 Å². The zero-order chi connectivity index (χ0) is 50.4. The van der Waals surface area contributed by atoms with Gasteiger partial charge in [0.25, 0.3) is 11.8 Å². The summed E-state index contributed by atoms with van der Waals surface area (Å²) in [6, 6.07) is 18.2. The highest BCUT2D eigenvalue weighted by atomic mass is 19.1. The maximum absolute atomic E-state index is 15.1. The summed E-state index contributed by atoms with van der Waals surface area (Å²) in [5.74, 6) is -2.10. The molecule has 7 aliphatic rings. The molecule has 3 saturated carbocycles. The Morgan fingerprint density at radius 3 is 2.18 bits per heavy atom. The van der Waals surface area contributed by atoms with Gasteiger partial charge in [-0.3, -0.25) is 28.8 Å². The Kier molecular flexibility index (Phi) is 15.8. The molecule has 0 unspecified atom stereocenters. The number of nitrogens with two attached hydrogens (primary N) is 1. The number of nitrogens with one attached hydrogen (secondary N) is 5. The SMILES string of the molecule is N=C(Cc1ccc(F)c(C(=O)N2CCN(C(=O)CNC34CCC(CNC(=O)[C@H](NC(=O)c5cccc([C@H]6CCCN(C(=O)CNC7CC7)C6)c5)C5CCCCC5)(CC3)OC4)CC2)c1)c1ccccc1C(N)=O. The maximum atomic E-state index is 15.1. The predicted molar refractivity (Wildman–Crippen MR) is 269 cm³/mol. The Morgan fingerprint density at radius 1 is 0.750 bits per heavy atom. The second-order valence-electron chi connectivity index (χ2n) is 21.2. The number of hydrogen-bond acceptors (Lipinski definition) is 10. The Morgan fingerprint density at radius 2 is 1.47 bits per heavy atom. The molecule has 4 heterocycles. The Labute approximate surface area is 421 Å². The fraction of sp³-hybridized carbons (Fsp3) is 0.545. The number of likely N-dealkylation sites (tertiary alicyclic amines) is 1. The van der Waals surface area contributed by atoms with Crippen LogP contribution in [0.4, 0.5) is 4.39 Å². The van der Waals surface area contributed by atoms with E-state index in [1.54, 1.807) is 35.2 Å². The van der Waals surface area contributed by atoms with Crippen molar-refractivity contribution < 1.29 is 37.9 Å². The molecule has 384 valence electrons. The summed E-state index contributed by atoms with van der Waals surface area (Å²) in [6.45, 7) is 3.63. The number of primary amides is 1. The van der Waals surface area contributed by atoms with Crippen LogP contribution < -0.4 is 27.0 Å². The number of benzene rings is 3. The van der Waals surface area contributed by atoms with Gasteiger partial charge in [-0.1, -0.05) is 55.7 Å². The molecule has 72 heavy (non-hydrogen) atoms. The molecule has 6 amide bonds.